The van der Waals surface area contributed by atoms with Gasteiger partial charge in [0.05, 0.1) is 5.71 Å². The highest BCUT2D eigenvalue weighted by molar-refractivity contribution is 5.95. The van der Waals surface area contributed by atoms with E-state index in [-0.39, 0.29) is 0 Å². The predicted molar refractivity (Wildman–Crippen MR) is 59.7 cm³/mol. The molecule has 0 aliphatic rings. The second-order valence-electron chi connectivity index (χ2n) is 3.17. The minimum atomic E-state index is 0.601. The summed E-state index contributed by atoms with van der Waals surface area (Å²) in [7, 11) is 0. The maximum atomic E-state index is 8.43. The molecule has 0 bridgehead atoms. The van der Waals surface area contributed by atoms with Gasteiger partial charge >= 0.3 is 0 Å². The standard InChI is InChI=1S/C12H15NO/c1-3-11-6-8-12(9-7-11)5-4-10(2)13-14/h4-9,14H,3H2,1-2H3/b5-4+,13-10-. The minimum absolute atomic E-state index is 0.601. The third kappa shape index (κ3) is 3.05. The second-order valence-corrected chi connectivity index (χ2v) is 3.17. The Hall–Kier alpha value is -1.57. The Labute approximate surface area is 84.6 Å². The zero-order valence-electron chi connectivity index (χ0n) is 8.57. The van der Waals surface area contributed by atoms with Crippen molar-refractivity contribution in [3.63, 3.8) is 0 Å². The number of aryl methyl sites for hydroxylation is 1. The lowest BCUT2D eigenvalue weighted by atomic mass is 10.1. The van der Waals surface area contributed by atoms with E-state index in [0.29, 0.717) is 5.71 Å². The fourth-order valence-corrected chi connectivity index (χ4v) is 1.11. The van der Waals surface area contributed by atoms with Crippen LogP contribution < -0.4 is 0 Å². The predicted octanol–water partition coefficient (Wildman–Crippen LogP) is 3.11. The maximum Gasteiger partial charge on any atom is 0.0765 e. The number of nitrogens with zero attached hydrogens (tertiary/aromatic N) is 1. The summed E-state index contributed by atoms with van der Waals surface area (Å²) >= 11 is 0. The molecule has 1 rings (SSSR count). The molecule has 0 fully saturated rings. The van der Waals surface area contributed by atoms with Gasteiger partial charge in [-0.2, -0.15) is 0 Å². The molecular weight excluding hydrogens is 174 g/mol. The molecule has 1 N–H and O–H groups in total. The topological polar surface area (TPSA) is 32.6 Å². The average Bonchev–Trinajstić information content (AvgIpc) is 2.26. The molecule has 0 unspecified atom stereocenters. The number of oxime groups is 1. The highest BCUT2D eigenvalue weighted by Gasteiger charge is 1.89. The summed E-state index contributed by atoms with van der Waals surface area (Å²) in [6, 6.07) is 8.32. The van der Waals surface area contributed by atoms with Crippen molar-refractivity contribution in [3.05, 3.63) is 41.5 Å². The van der Waals surface area contributed by atoms with E-state index in [1.54, 1.807) is 13.0 Å². The van der Waals surface area contributed by atoms with Gasteiger partial charge in [0.25, 0.3) is 0 Å². The molecule has 0 amide bonds. The molecule has 2 heteroatoms. The van der Waals surface area contributed by atoms with Crippen LogP contribution in [-0.2, 0) is 6.42 Å². The molecule has 0 saturated heterocycles. The van der Waals surface area contributed by atoms with Gasteiger partial charge in [0.15, 0.2) is 0 Å². The van der Waals surface area contributed by atoms with Crippen molar-refractivity contribution < 1.29 is 5.21 Å². The molecule has 0 atom stereocenters. The minimum Gasteiger partial charge on any atom is -0.411 e. The number of benzene rings is 1. The first-order valence-corrected chi connectivity index (χ1v) is 4.72. The van der Waals surface area contributed by atoms with Crippen molar-refractivity contribution in [3.8, 4) is 0 Å². The molecule has 0 aliphatic heterocycles. The van der Waals surface area contributed by atoms with Crippen LogP contribution in [0, 0.1) is 0 Å². The lowest BCUT2D eigenvalue weighted by Gasteiger charge is -1.96. The number of rotatable bonds is 3. The number of hydrogen-bond donors (Lipinski definition) is 1. The highest BCUT2D eigenvalue weighted by Crippen LogP contribution is 2.06. The van der Waals surface area contributed by atoms with Gasteiger partial charge in [-0.15, -0.1) is 0 Å². The summed E-state index contributed by atoms with van der Waals surface area (Å²) in [5.74, 6) is 0. The smallest absolute Gasteiger partial charge is 0.0765 e. The van der Waals surface area contributed by atoms with Crippen LogP contribution in [0.15, 0.2) is 35.5 Å². The number of hydrogen-bond acceptors (Lipinski definition) is 2. The highest BCUT2D eigenvalue weighted by atomic mass is 16.4. The fourth-order valence-electron chi connectivity index (χ4n) is 1.11. The lowest BCUT2D eigenvalue weighted by molar-refractivity contribution is 0.319. The van der Waals surface area contributed by atoms with Crippen LogP contribution in [0.3, 0.4) is 0 Å². The van der Waals surface area contributed by atoms with Crippen molar-refractivity contribution >= 4 is 11.8 Å². The van der Waals surface area contributed by atoms with Crippen molar-refractivity contribution in [2.24, 2.45) is 5.16 Å². The summed E-state index contributed by atoms with van der Waals surface area (Å²) in [6.07, 6.45) is 4.76. The first kappa shape index (κ1) is 10.5. The van der Waals surface area contributed by atoms with Crippen LogP contribution in [0.5, 0.6) is 0 Å². The normalized spacial score (nSPS) is 12.3. The maximum absolute atomic E-state index is 8.43. The van der Waals surface area contributed by atoms with Crippen LogP contribution in [0.2, 0.25) is 0 Å². The van der Waals surface area contributed by atoms with Gasteiger partial charge in [-0.1, -0.05) is 42.4 Å². The van der Waals surface area contributed by atoms with Gasteiger partial charge in [0.1, 0.15) is 0 Å². The molecule has 1 aromatic rings. The summed E-state index contributed by atoms with van der Waals surface area (Å²) < 4.78 is 0. The molecule has 0 aliphatic carbocycles. The molecule has 2 nitrogen and oxygen atoms in total. The SMILES string of the molecule is CCc1ccc(/C=C/C(C)=N\O)cc1. The van der Waals surface area contributed by atoms with Gasteiger partial charge < -0.3 is 5.21 Å². The zero-order valence-corrected chi connectivity index (χ0v) is 8.57. The van der Waals surface area contributed by atoms with Crippen LogP contribution in [-0.4, -0.2) is 10.9 Å². The molecule has 0 radical (unpaired) electrons. The Morgan fingerprint density at radius 2 is 2.00 bits per heavy atom. The number of allylic oxidation sites excluding steroid dienone is 1. The fraction of sp³-hybridized carbons (Fsp3) is 0.250. The first-order chi connectivity index (χ1) is 6.76. The van der Waals surface area contributed by atoms with E-state index in [1.165, 1.54) is 5.56 Å². The van der Waals surface area contributed by atoms with E-state index >= 15 is 0 Å². The summed E-state index contributed by atoms with van der Waals surface area (Å²) in [5, 5.41) is 11.5. The van der Waals surface area contributed by atoms with E-state index in [2.05, 4.69) is 36.3 Å². The monoisotopic (exact) mass is 189 g/mol. The molecule has 1 aromatic carbocycles. The van der Waals surface area contributed by atoms with Gasteiger partial charge in [0.2, 0.25) is 0 Å². The third-order valence-electron chi connectivity index (χ3n) is 2.06. The largest absolute Gasteiger partial charge is 0.411 e. The average molecular weight is 189 g/mol. The van der Waals surface area contributed by atoms with Crippen molar-refractivity contribution in [2.75, 3.05) is 0 Å². The Kier molecular flexibility index (Phi) is 3.92. The molecule has 0 spiro atoms. The van der Waals surface area contributed by atoms with Crippen LogP contribution >= 0.6 is 0 Å². The van der Waals surface area contributed by atoms with Gasteiger partial charge in [-0.3, -0.25) is 0 Å². The summed E-state index contributed by atoms with van der Waals surface area (Å²) in [6.45, 7) is 3.88. The summed E-state index contributed by atoms with van der Waals surface area (Å²) in [5.41, 5.74) is 3.05. The molecular formula is C12H15NO. The molecule has 0 aromatic heterocycles. The molecule has 0 saturated carbocycles. The van der Waals surface area contributed by atoms with Crippen molar-refractivity contribution in [1.82, 2.24) is 0 Å². The van der Waals surface area contributed by atoms with Crippen LogP contribution in [0.1, 0.15) is 25.0 Å². The van der Waals surface area contributed by atoms with Gasteiger partial charge in [-0.05, 0) is 30.5 Å². The van der Waals surface area contributed by atoms with E-state index in [9.17, 15) is 0 Å². The lowest BCUT2D eigenvalue weighted by Crippen LogP contribution is -1.83. The molecule has 0 heterocycles. The van der Waals surface area contributed by atoms with E-state index in [0.717, 1.165) is 12.0 Å². The van der Waals surface area contributed by atoms with E-state index < -0.39 is 0 Å². The van der Waals surface area contributed by atoms with Crippen LogP contribution in [0.4, 0.5) is 0 Å². The Morgan fingerprint density at radius 1 is 1.36 bits per heavy atom. The molecule has 14 heavy (non-hydrogen) atoms. The van der Waals surface area contributed by atoms with Crippen molar-refractivity contribution in [1.29, 1.82) is 0 Å². The first-order valence-electron chi connectivity index (χ1n) is 4.72. The Balaban J connectivity index is 2.73. The van der Waals surface area contributed by atoms with E-state index in [4.69, 9.17) is 5.21 Å². The zero-order chi connectivity index (χ0) is 10.4. The second kappa shape index (κ2) is 5.22. The van der Waals surface area contributed by atoms with Gasteiger partial charge in [0, 0.05) is 0 Å². The summed E-state index contributed by atoms with van der Waals surface area (Å²) in [4.78, 5) is 0. The Morgan fingerprint density at radius 3 is 2.50 bits per heavy atom. The van der Waals surface area contributed by atoms with Crippen LogP contribution in [0.25, 0.3) is 6.08 Å². The Bertz CT molecular complexity index is 336. The van der Waals surface area contributed by atoms with Gasteiger partial charge in [-0.25, -0.2) is 0 Å². The van der Waals surface area contributed by atoms with Crippen molar-refractivity contribution in [2.45, 2.75) is 20.3 Å². The molecule has 74 valence electrons. The van der Waals surface area contributed by atoms with E-state index in [1.807, 2.05) is 6.08 Å². The quantitative estimate of drug-likeness (QED) is 0.442. The third-order valence-corrected chi connectivity index (χ3v) is 2.06.